The third-order valence-corrected chi connectivity index (χ3v) is 8.97. The number of hydrogen-bond donors (Lipinski definition) is 4. The molecule has 226 valence electrons. The summed E-state index contributed by atoms with van der Waals surface area (Å²) in [6.45, 7) is 2.04. The van der Waals surface area contributed by atoms with Gasteiger partial charge in [0.05, 0.1) is 24.8 Å². The predicted molar refractivity (Wildman–Crippen MR) is 169 cm³/mol. The van der Waals surface area contributed by atoms with Crippen LogP contribution in [0.4, 0.5) is 11.4 Å². The van der Waals surface area contributed by atoms with Gasteiger partial charge in [-0.15, -0.1) is 0 Å². The van der Waals surface area contributed by atoms with Gasteiger partial charge in [-0.3, -0.25) is 14.4 Å². The van der Waals surface area contributed by atoms with E-state index in [0.29, 0.717) is 29.9 Å². The second kappa shape index (κ2) is 11.7. The summed E-state index contributed by atoms with van der Waals surface area (Å²) in [5.74, 6) is -1.50. The summed E-state index contributed by atoms with van der Waals surface area (Å²) in [5.41, 5.74) is 3.58. The highest BCUT2D eigenvalue weighted by Gasteiger charge is 2.51. The normalized spacial score (nSPS) is 20.2. The van der Waals surface area contributed by atoms with Crippen molar-refractivity contribution in [1.29, 1.82) is 0 Å². The van der Waals surface area contributed by atoms with Crippen LogP contribution < -0.4 is 10.2 Å². The van der Waals surface area contributed by atoms with Crippen LogP contribution >= 0.6 is 0 Å². The van der Waals surface area contributed by atoms with Crippen LogP contribution in [-0.4, -0.2) is 57.5 Å². The molecule has 0 bridgehead atoms. The minimum atomic E-state index is -1.88. The number of benzene rings is 3. The van der Waals surface area contributed by atoms with Crippen molar-refractivity contribution >= 4 is 40.0 Å². The number of fused-ring (bicyclic) bond motifs is 3. The van der Waals surface area contributed by atoms with Crippen LogP contribution in [0.15, 0.2) is 85.1 Å². The highest BCUT2D eigenvalue weighted by atomic mass is 16.3. The maximum absolute atomic E-state index is 13.4. The molecule has 1 aromatic heterocycles. The lowest BCUT2D eigenvalue weighted by atomic mass is 9.82. The lowest BCUT2D eigenvalue weighted by molar-refractivity contribution is -0.139. The van der Waals surface area contributed by atoms with E-state index in [0.717, 1.165) is 27.6 Å². The molecule has 0 spiro atoms. The quantitative estimate of drug-likeness (QED) is 0.230. The van der Waals surface area contributed by atoms with E-state index < -0.39 is 17.4 Å². The zero-order valence-electron chi connectivity index (χ0n) is 24.8. The van der Waals surface area contributed by atoms with E-state index in [1.54, 1.807) is 49.2 Å². The SMILES string of the molecule is C[C@H](/C=C/CC(=O)N1Cc2ccccc2C[C@H]1CO)[C@@]1(O)C(=O)N(C)c2ccc(NC(=O)Cc3c[nH]c4ccccc34)cc21. The van der Waals surface area contributed by atoms with E-state index in [-0.39, 0.29) is 37.3 Å². The van der Waals surface area contributed by atoms with Crippen LogP contribution in [0, 0.1) is 5.92 Å². The number of H-pyrrole nitrogens is 1. The highest BCUT2D eigenvalue weighted by Crippen LogP contribution is 2.45. The van der Waals surface area contributed by atoms with Crippen molar-refractivity contribution in [3.8, 4) is 0 Å². The number of carbonyl (C=O) groups excluding carboxylic acids is 3. The maximum atomic E-state index is 13.4. The molecule has 0 unspecified atom stereocenters. The van der Waals surface area contributed by atoms with Crippen molar-refractivity contribution in [2.75, 3.05) is 23.9 Å². The van der Waals surface area contributed by atoms with Crippen LogP contribution in [0.25, 0.3) is 10.9 Å². The summed E-state index contributed by atoms with van der Waals surface area (Å²) in [4.78, 5) is 45.8. The van der Waals surface area contributed by atoms with Gasteiger partial charge >= 0.3 is 0 Å². The van der Waals surface area contributed by atoms with E-state index in [4.69, 9.17) is 0 Å². The van der Waals surface area contributed by atoms with Gasteiger partial charge < -0.3 is 30.3 Å². The third kappa shape index (κ3) is 5.18. The molecule has 6 rings (SSSR count). The van der Waals surface area contributed by atoms with Crippen molar-refractivity contribution in [3.63, 3.8) is 0 Å². The summed E-state index contributed by atoms with van der Waals surface area (Å²) in [5, 5.41) is 25.7. The number of nitrogens with zero attached hydrogens (tertiary/aromatic N) is 2. The molecule has 9 nitrogen and oxygen atoms in total. The Morgan fingerprint density at radius 1 is 1.11 bits per heavy atom. The number of hydrogen-bond acceptors (Lipinski definition) is 5. The first-order valence-electron chi connectivity index (χ1n) is 14.8. The number of aliphatic hydroxyl groups excluding tert-OH is 1. The molecule has 0 saturated heterocycles. The molecule has 3 aromatic carbocycles. The van der Waals surface area contributed by atoms with Crippen LogP contribution in [0.5, 0.6) is 0 Å². The minimum absolute atomic E-state index is 0.0694. The van der Waals surface area contributed by atoms with Crippen molar-refractivity contribution in [1.82, 2.24) is 9.88 Å². The molecule has 44 heavy (non-hydrogen) atoms. The Hall–Kier alpha value is -4.73. The average molecular weight is 593 g/mol. The van der Waals surface area contributed by atoms with E-state index >= 15 is 0 Å². The average Bonchev–Trinajstić information content (AvgIpc) is 3.52. The fourth-order valence-corrected chi connectivity index (χ4v) is 6.46. The number of anilines is 2. The van der Waals surface area contributed by atoms with Gasteiger partial charge in [-0.2, -0.15) is 0 Å². The molecular formula is C35H36N4O5. The zero-order valence-corrected chi connectivity index (χ0v) is 24.8. The Labute approximate surface area is 255 Å². The zero-order chi connectivity index (χ0) is 31.0. The van der Waals surface area contributed by atoms with Crippen molar-refractivity contribution in [2.45, 2.75) is 44.4 Å². The molecule has 3 amide bonds. The molecular weight excluding hydrogens is 556 g/mol. The lowest BCUT2D eigenvalue weighted by Gasteiger charge is -2.36. The maximum Gasteiger partial charge on any atom is 0.264 e. The summed E-state index contributed by atoms with van der Waals surface area (Å²) < 4.78 is 0. The van der Waals surface area contributed by atoms with Crippen LogP contribution in [0.3, 0.4) is 0 Å². The molecule has 2 aliphatic heterocycles. The molecule has 0 saturated carbocycles. The van der Waals surface area contributed by atoms with Gasteiger partial charge in [0.15, 0.2) is 5.60 Å². The molecule has 9 heteroatoms. The molecule has 3 atom stereocenters. The van der Waals surface area contributed by atoms with E-state index in [1.165, 1.54) is 4.90 Å². The van der Waals surface area contributed by atoms with Crippen molar-refractivity contribution in [3.05, 3.63) is 107 Å². The summed E-state index contributed by atoms with van der Waals surface area (Å²) in [6, 6.07) is 20.5. The van der Waals surface area contributed by atoms with E-state index in [2.05, 4.69) is 10.3 Å². The number of para-hydroxylation sites is 1. The standard InChI is InChI=1S/C35H36N4O5/c1-22(8-7-13-33(42)39-20-24-10-4-3-9-23(24)16-27(39)21-40)35(44)29-18-26(14-15-31(29)38(2)34(35)43)37-32(41)17-25-19-36-30-12-6-5-11-28(25)30/h3-12,14-15,18-19,22,27,36,40,44H,13,16-17,20-21H2,1-2H3,(H,37,41)/b8-7+/t22-,27+,35+/m1/s1. The second-order valence-electron chi connectivity index (χ2n) is 11.7. The van der Waals surface area contributed by atoms with Gasteiger partial charge in [-0.05, 0) is 47.4 Å². The smallest absolute Gasteiger partial charge is 0.264 e. The number of aliphatic hydroxyl groups is 2. The summed E-state index contributed by atoms with van der Waals surface area (Å²) in [7, 11) is 1.61. The molecule has 3 heterocycles. The van der Waals surface area contributed by atoms with Gasteiger partial charge in [-0.25, -0.2) is 0 Å². The van der Waals surface area contributed by atoms with E-state index in [1.807, 2.05) is 54.7 Å². The number of aromatic amines is 1. The van der Waals surface area contributed by atoms with Gasteiger partial charge in [0.2, 0.25) is 11.8 Å². The largest absolute Gasteiger partial charge is 0.394 e. The Bertz CT molecular complexity index is 1780. The number of rotatable bonds is 8. The first-order chi connectivity index (χ1) is 21.2. The van der Waals surface area contributed by atoms with E-state index in [9.17, 15) is 24.6 Å². The number of carbonyl (C=O) groups is 3. The molecule has 2 aliphatic rings. The predicted octanol–water partition coefficient (Wildman–Crippen LogP) is 4.04. The third-order valence-electron chi connectivity index (χ3n) is 8.97. The van der Waals surface area contributed by atoms with Gasteiger partial charge in [0, 0.05) is 54.3 Å². The molecule has 0 aliphatic carbocycles. The number of likely N-dealkylation sites (N-methyl/N-ethyl adjacent to an activating group) is 1. The molecule has 0 fully saturated rings. The monoisotopic (exact) mass is 592 g/mol. The Kier molecular flexibility index (Phi) is 7.84. The minimum Gasteiger partial charge on any atom is -0.394 e. The molecule has 4 aromatic rings. The first kappa shape index (κ1) is 29.3. The van der Waals surface area contributed by atoms with Gasteiger partial charge in [0.1, 0.15) is 0 Å². The topological polar surface area (TPSA) is 126 Å². The van der Waals surface area contributed by atoms with Crippen molar-refractivity contribution in [2.24, 2.45) is 5.92 Å². The summed E-state index contributed by atoms with van der Waals surface area (Å²) >= 11 is 0. The van der Waals surface area contributed by atoms with Crippen molar-refractivity contribution < 1.29 is 24.6 Å². The van der Waals surface area contributed by atoms with Crippen LogP contribution in [-0.2, 0) is 39.4 Å². The fraction of sp³-hybridized carbons (Fsp3) is 0.286. The summed E-state index contributed by atoms with van der Waals surface area (Å²) in [6.07, 6.45) is 6.02. The number of nitrogens with one attached hydrogen (secondary N) is 2. The Balaban J connectivity index is 1.16. The number of amides is 3. The number of aromatic nitrogens is 1. The first-order valence-corrected chi connectivity index (χ1v) is 14.8. The second-order valence-corrected chi connectivity index (χ2v) is 11.7. The molecule has 4 N–H and O–H groups in total. The fourth-order valence-electron chi connectivity index (χ4n) is 6.46. The van der Waals surface area contributed by atoms with Crippen LogP contribution in [0.2, 0.25) is 0 Å². The van der Waals surface area contributed by atoms with Gasteiger partial charge in [-0.1, -0.05) is 61.5 Å². The lowest BCUT2D eigenvalue weighted by Crippen LogP contribution is -2.46. The van der Waals surface area contributed by atoms with Crippen LogP contribution in [0.1, 0.15) is 35.6 Å². The molecule has 0 radical (unpaired) electrons. The highest BCUT2D eigenvalue weighted by molar-refractivity contribution is 6.07. The Morgan fingerprint density at radius 3 is 2.66 bits per heavy atom. The van der Waals surface area contributed by atoms with Gasteiger partial charge in [0.25, 0.3) is 5.91 Å². The Morgan fingerprint density at radius 2 is 1.86 bits per heavy atom.